The Bertz CT molecular complexity index is 457. The zero-order chi connectivity index (χ0) is 12.5. The van der Waals surface area contributed by atoms with E-state index in [0.717, 1.165) is 38.3 Å². The van der Waals surface area contributed by atoms with Crippen molar-refractivity contribution in [1.82, 2.24) is 14.8 Å². The Morgan fingerprint density at radius 1 is 1.39 bits per heavy atom. The van der Waals surface area contributed by atoms with Crippen LogP contribution in [0.5, 0.6) is 0 Å². The van der Waals surface area contributed by atoms with Crippen LogP contribution in [-0.4, -0.2) is 59.3 Å². The summed E-state index contributed by atoms with van der Waals surface area (Å²) >= 11 is 6.05. The lowest BCUT2D eigenvalue weighted by molar-refractivity contribution is -0.128. The molecule has 18 heavy (non-hydrogen) atoms. The molecule has 3 fully saturated rings. The first-order valence-corrected chi connectivity index (χ1v) is 6.69. The number of piperazine rings is 3. The molecule has 5 heteroatoms. The normalized spacial score (nSPS) is 30.4. The van der Waals surface area contributed by atoms with Crippen LogP contribution in [0.15, 0.2) is 18.5 Å². The number of hydrogen-bond donors (Lipinski definition) is 0. The summed E-state index contributed by atoms with van der Waals surface area (Å²) < 4.78 is 0. The van der Waals surface area contributed by atoms with Crippen molar-refractivity contribution >= 4 is 17.4 Å². The van der Waals surface area contributed by atoms with Gasteiger partial charge in [0.2, 0.25) is 0 Å². The standard InChI is InChI=1S/C13H16ClN3O/c14-11-8-15-2-1-10(11)7-13(18)12-9-16-3-5-17(12)6-4-16/h1-2,8,12H,3-7,9H2. The third kappa shape index (κ3) is 2.28. The SMILES string of the molecule is O=C(Cc1ccncc1Cl)C1CN2CCN1CC2. The zero-order valence-corrected chi connectivity index (χ0v) is 10.9. The van der Waals surface area contributed by atoms with E-state index in [2.05, 4.69) is 14.8 Å². The molecule has 4 nitrogen and oxygen atoms in total. The van der Waals surface area contributed by atoms with E-state index in [0.29, 0.717) is 11.4 Å². The maximum Gasteiger partial charge on any atom is 0.155 e. The third-order valence-electron chi connectivity index (χ3n) is 3.87. The van der Waals surface area contributed by atoms with Crippen LogP contribution in [0.25, 0.3) is 0 Å². The molecule has 0 aliphatic carbocycles. The number of Topliss-reactive ketones (excluding diaryl/α,β-unsaturated/α-hetero) is 1. The Labute approximate surface area is 112 Å². The van der Waals surface area contributed by atoms with Gasteiger partial charge in [-0.1, -0.05) is 11.6 Å². The predicted octanol–water partition coefficient (Wildman–Crippen LogP) is 0.846. The minimum Gasteiger partial charge on any atom is -0.299 e. The quantitative estimate of drug-likeness (QED) is 0.812. The van der Waals surface area contributed by atoms with Crippen molar-refractivity contribution in [3.8, 4) is 0 Å². The summed E-state index contributed by atoms with van der Waals surface area (Å²) in [5.74, 6) is 0.271. The molecule has 3 aliphatic rings. The van der Waals surface area contributed by atoms with Crippen molar-refractivity contribution in [2.45, 2.75) is 12.5 Å². The van der Waals surface area contributed by atoms with Crippen LogP contribution in [0.1, 0.15) is 5.56 Å². The van der Waals surface area contributed by atoms with Crippen LogP contribution in [0.3, 0.4) is 0 Å². The van der Waals surface area contributed by atoms with Crippen molar-refractivity contribution in [2.24, 2.45) is 0 Å². The number of fused-ring (bicyclic) bond motifs is 3. The van der Waals surface area contributed by atoms with E-state index < -0.39 is 0 Å². The predicted molar refractivity (Wildman–Crippen MR) is 69.8 cm³/mol. The first kappa shape index (κ1) is 12.1. The van der Waals surface area contributed by atoms with Gasteiger partial charge in [-0.15, -0.1) is 0 Å². The molecule has 0 radical (unpaired) electrons. The Morgan fingerprint density at radius 3 is 2.78 bits per heavy atom. The number of aromatic nitrogens is 1. The molecule has 1 aromatic rings. The molecule has 0 aromatic carbocycles. The lowest BCUT2D eigenvalue weighted by Gasteiger charge is -2.46. The van der Waals surface area contributed by atoms with E-state index in [9.17, 15) is 4.79 Å². The molecule has 0 spiro atoms. The molecule has 0 N–H and O–H groups in total. The summed E-state index contributed by atoms with van der Waals surface area (Å²) in [5, 5.41) is 0.585. The maximum absolute atomic E-state index is 12.4. The number of carbonyl (C=O) groups excluding carboxylic acids is 1. The van der Waals surface area contributed by atoms with Crippen molar-refractivity contribution < 1.29 is 4.79 Å². The monoisotopic (exact) mass is 265 g/mol. The molecule has 3 aliphatic heterocycles. The first-order valence-electron chi connectivity index (χ1n) is 6.31. The van der Waals surface area contributed by atoms with E-state index in [4.69, 9.17) is 11.6 Å². The van der Waals surface area contributed by atoms with Gasteiger partial charge in [-0.2, -0.15) is 0 Å². The summed E-state index contributed by atoms with van der Waals surface area (Å²) in [5.41, 5.74) is 0.884. The van der Waals surface area contributed by atoms with Crippen molar-refractivity contribution in [1.29, 1.82) is 0 Å². The van der Waals surface area contributed by atoms with Gasteiger partial charge in [-0.05, 0) is 11.6 Å². The van der Waals surface area contributed by atoms with Gasteiger partial charge in [0.15, 0.2) is 5.78 Å². The van der Waals surface area contributed by atoms with Crippen LogP contribution >= 0.6 is 11.6 Å². The summed E-state index contributed by atoms with van der Waals surface area (Å²) in [6.07, 6.45) is 3.70. The van der Waals surface area contributed by atoms with Gasteiger partial charge in [-0.25, -0.2) is 0 Å². The van der Waals surface area contributed by atoms with E-state index in [1.54, 1.807) is 12.4 Å². The molecule has 0 amide bonds. The van der Waals surface area contributed by atoms with E-state index in [1.165, 1.54) is 0 Å². The second kappa shape index (κ2) is 4.96. The Balaban J connectivity index is 1.70. The number of rotatable bonds is 3. The van der Waals surface area contributed by atoms with Crippen LogP contribution < -0.4 is 0 Å². The average Bonchev–Trinajstić information content (AvgIpc) is 2.42. The number of ketones is 1. The Hall–Kier alpha value is -0.970. The van der Waals surface area contributed by atoms with Gasteiger partial charge in [0.1, 0.15) is 0 Å². The smallest absolute Gasteiger partial charge is 0.155 e. The number of pyridine rings is 1. The molecule has 3 saturated heterocycles. The van der Waals surface area contributed by atoms with Gasteiger partial charge < -0.3 is 0 Å². The molecule has 1 atom stereocenters. The lowest BCUT2D eigenvalue weighted by atomic mass is 9.99. The number of nitrogens with zero attached hydrogens (tertiary/aromatic N) is 3. The topological polar surface area (TPSA) is 36.4 Å². The summed E-state index contributed by atoms with van der Waals surface area (Å²) in [6.45, 7) is 5.10. The highest BCUT2D eigenvalue weighted by molar-refractivity contribution is 6.31. The van der Waals surface area contributed by atoms with Crippen molar-refractivity contribution in [3.05, 3.63) is 29.0 Å². The fraction of sp³-hybridized carbons (Fsp3) is 0.538. The second-order valence-corrected chi connectivity index (χ2v) is 5.37. The van der Waals surface area contributed by atoms with Gasteiger partial charge >= 0.3 is 0 Å². The van der Waals surface area contributed by atoms with Crippen molar-refractivity contribution in [2.75, 3.05) is 32.7 Å². The average molecular weight is 266 g/mol. The Kier molecular flexibility index (Phi) is 3.33. The molecule has 0 saturated carbocycles. The van der Waals surface area contributed by atoms with E-state index in [1.807, 2.05) is 6.07 Å². The van der Waals surface area contributed by atoms with Gasteiger partial charge in [-0.3, -0.25) is 19.6 Å². The number of hydrogen-bond acceptors (Lipinski definition) is 4. The maximum atomic E-state index is 12.4. The highest BCUT2D eigenvalue weighted by atomic mass is 35.5. The van der Waals surface area contributed by atoms with Gasteiger partial charge in [0.05, 0.1) is 11.1 Å². The molecular formula is C13H16ClN3O. The highest BCUT2D eigenvalue weighted by Gasteiger charge is 2.35. The minimum atomic E-state index is 0.0525. The first-order chi connectivity index (χ1) is 8.74. The molecule has 4 heterocycles. The van der Waals surface area contributed by atoms with E-state index >= 15 is 0 Å². The number of carbonyl (C=O) groups is 1. The van der Waals surface area contributed by atoms with Crippen LogP contribution in [-0.2, 0) is 11.2 Å². The Morgan fingerprint density at radius 2 is 2.17 bits per heavy atom. The largest absolute Gasteiger partial charge is 0.299 e. The third-order valence-corrected chi connectivity index (χ3v) is 4.21. The minimum absolute atomic E-state index is 0.0525. The van der Waals surface area contributed by atoms with Gasteiger partial charge in [0, 0.05) is 51.5 Å². The molecule has 2 bridgehead atoms. The molecular weight excluding hydrogens is 250 g/mol. The molecule has 96 valence electrons. The van der Waals surface area contributed by atoms with Crippen LogP contribution in [0.4, 0.5) is 0 Å². The van der Waals surface area contributed by atoms with E-state index in [-0.39, 0.29) is 11.8 Å². The van der Waals surface area contributed by atoms with Crippen LogP contribution in [0.2, 0.25) is 5.02 Å². The zero-order valence-electron chi connectivity index (χ0n) is 10.2. The van der Waals surface area contributed by atoms with Crippen LogP contribution in [0, 0.1) is 0 Å². The molecule has 4 rings (SSSR count). The molecule has 1 aromatic heterocycles. The van der Waals surface area contributed by atoms with Gasteiger partial charge in [0.25, 0.3) is 0 Å². The fourth-order valence-corrected chi connectivity index (χ4v) is 2.96. The highest BCUT2D eigenvalue weighted by Crippen LogP contribution is 2.20. The summed E-state index contributed by atoms with van der Waals surface area (Å²) in [6, 6.07) is 1.88. The fourth-order valence-electron chi connectivity index (χ4n) is 2.78. The lowest BCUT2D eigenvalue weighted by Crippen LogP contribution is -2.63. The summed E-state index contributed by atoms with van der Waals surface area (Å²) in [4.78, 5) is 21.0. The molecule has 1 unspecified atom stereocenters. The summed E-state index contributed by atoms with van der Waals surface area (Å²) in [7, 11) is 0. The second-order valence-electron chi connectivity index (χ2n) is 4.96. The van der Waals surface area contributed by atoms with Crippen molar-refractivity contribution in [3.63, 3.8) is 0 Å². The number of halogens is 1.